The number of Topliss-reactive ketones (excluding diaryl/α,β-unsaturated/α-hetero) is 2. The van der Waals surface area contributed by atoms with Gasteiger partial charge < -0.3 is 15.3 Å². The summed E-state index contributed by atoms with van der Waals surface area (Å²) in [7, 11) is 0. The molecule has 0 heterocycles. The van der Waals surface area contributed by atoms with E-state index >= 15 is 0 Å². The molecule has 0 bridgehead atoms. The van der Waals surface area contributed by atoms with E-state index in [-0.39, 0.29) is 41.2 Å². The summed E-state index contributed by atoms with van der Waals surface area (Å²) in [5.41, 5.74) is 0.709. The lowest BCUT2D eigenvalue weighted by molar-refractivity contribution is -0.145. The molecule has 4 aliphatic rings. The van der Waals surface area contributed by atoms with Crippen molar-refractivity contribution in [2.45, 2.75) is 91.8 Å². The Morgan fingerprint density at radius 2 is 1.80 bits per heavy atom. The molecule has 10 atom stereocenters. The standard InChI is InChI=1S/C29H42O6/c1-14(16(3)27(34)35)7-8-15(2)18-9-10-19-23-22(31)13-20-17(4)21(30)11-12-28(20,5)24(23)25(32)26(33)29(18,19)6/h15-21,26,30,33H,1,7-13H2,2-6H3,(H,34,35)/t15-,16?,17+,18?,19?,20?,21-,26+,28?,29?/m1/s1. The first-order valence-electron chi connectivity index (χ1n) is 13.3. The molecule has 4 aliphatic carbocycles. The Morgan fingerprint density at radius 1 is 1.14 bits per heavy atom. The van der Waals surface area contributed by atoms with E-state index in [0.29, 0.717) is 42.4 Å². The average Bonchev–Trinajstić information content (AvgIpc) is 3.16. The predicted octanol–water partition coefficient (Wildman–Crippen LogP) is 4.34. The SMILES string of the molecule is C=C(CC[C@@H](C)C1CCC2C3=C(C(=O)[C@H](O)C21C)C1(C)CC[C@@H](O)[C@@H](C)C1CC3=O)C(C)C(=O)O. The van der Waals surface area contributed by atoms with Gasteiger partial charge in [0.2, 0.25) is 0 Å². The Morgan fingerprint density at radius 3 is 2.43 bits per heavy atom. The summed E-state index contributed by atoms with van der Waals surface area (Å²) in [4.78, 5) is 38.8. The molecule has 0 spiro atoms. The van der Waals surface area contributed by atoms with E-state index in [4.69, 9.17) is 0 Å². The number of carboxylic acid groups (broad SMARTS) is 1. The zero-order chi connectivity index (χ0) is 26.0. The first kappa shape index (κ1) is 26.3. The summed E-state index contributed by atoms with van der Waals surface area (Å²) in [5.74, 6) is -1.84. The van der Waals surface area contributed by atoms with E-state index < -0.39 is 34.9 Å². The van der Waals surface area contributed by atoms with Gasteiger partial charge in [-0.05, 0) is 75.0 Å². The van der Waals surface area contributed by atoms with E-state index in [0.717, 1.165) is 19.3 Å². The predicted molar refractivity (Wildman–Crippen MR) is 132 cm³/mol. The van der Waals surface area contributed by atoms with Gasteiger partial charge in [0.25, 0.3) is 0 Å². The van der Waals surface area contributed by atoms with Crippen LogP contribution in [0.1, 0.15) is 79.6 Å². The molecule has 6 nitrogen and oxygen atoms in total. The van der Waals surface area contributed by atoms with Crippen LogP contribution in [0.3, 0.4) is 0 Å². The van der Waals surface area contributed by atoms with Crippen molar-refractivity contribution >= 4 is 17.5 Å². The molecule has 35 heavy (non-hydrogen) atoms. The van der Waals surface area contributed by atoms with Crippen LogP contribution < -0.4 is 0 Å². The van der Waals surface area contributed by atoms with E-state index in [1.165, 1.54) is 0 Å². The number of hydrogen-bond donors (Lipinski definition) is 3. The quantitative estimate of drug-likeness (QED) is 0.482. The van der Waals surface area contributed by atoms with E-state index in [1.807, 2.05) is 13.8 Å². The number of carbonyl (C=O) groups excluding carboxylic acids is 2. The van der Waals surface area contributed by atoms with E-state index in [2.05, 4.69) is 20.4 Å². The van der Waals surface area contributed by atoms with Crippen molar-refractivity contribution in [2.75, 3.05) is 0 Å². The second-order valence-electron chi connectivity index (χ2n) is 12.5. The lowest BCUT2D eigenvalue weighted by Gasteiger charge is -2.56. The fourth-order valence-electron chi connectivity index (χ4n) is 8.40. The van der Waals surface area contributed by atoms with Crippen molar-refractivity contribution in [2.24, 2.45) is 46.3 Å². The fraction of sp³-hybridized carbons (Fsp3) is 0.759. The molecular formula is C29H42O6. The Balaban J connectivity index is 1.66. The maximum atomic E-state index is 13.9. The molecule has 0 aromatic heterocycles. The second-order valence-corrected chi connectivity index (χ2v) is 12.5. The molecule has 4 rings (SSSR count). The molecule has 6 unspecified atom stereocenters. The van der Waals surface area contributed by atoms with Gasteiger partial charge in [-0.15, -0.1) is 0 Å². The van der Waals surface area contributed by atoms with Crippen LogP contribution in [0.2, 0.25) is 0 Å². The molecule has 2 fully saturated rings. The molecule has 0 aromatic carbocycles. The topological polar surface area (TPSA) is 112 Å². The van der Waals surface area contributed by atoms with Gasteiger partial charge in [0, 0.05) is 28.4 Å². The first-order valence-corrected chi connectivity index (χ1v) is 13.3. The molecule has 0 aliphatic heterocycles. The van der Waals surface area contributed by atoms with Crippen LogP contribution in [0, 0.1) is 46.3 Å². The van der Waals surface area contributed by atoms with Crippen molar-refractivity contribution in [1.29, 1.82) is 0 Å². The third-order valence-corrected chi connectivity index (χ3v) is 10.9. The normalized spacial score (nSPS) is 42.7. The smallest absolute Gasteiger partial charge is 0.310 e. The Kier molecular flexibility index (Phi) is 6.72. The number of carbonyl (C=O) groups is 3. The van der Waals surface area contributed by atoms with Crippen molar-refractivity contribution in [3.8, 4) is 0 Å². The maximum Gasteiger partial charge on any atom is 0.310 e. The number of rotatable bonds is 6. The molecule has 6 heteroatoms. The Hall–Kier alpha value is -1.79. The number of aliphatic hydroxyl groups excluding tert-OH is 2. The molecule has 2 saturated carbocycles. The van der Waals surface area contributed by atoms with Crippen molar-refractivity contribution in [3.63, 3.8) is 0 Å². The summed E-state index contributed by atoms with van der Waals surface area (Å²) < 4.78 is 0. The highest BCUT2D eigenvalue weighted by Gasteiger charge is 2.65. The van der Waals surface area contributed by atoms with Crippen LogP contribution in [0.4, 0.5) is 0 Å². The zero-order valence-electron chi connectivity index (χ0n) is 21.8. The highest BCUT2D eigenvalue weighted by molar-refractivity contribution is 6.12. The van der Waals surface area contributed by atoms with Crippen LogP contribution in [-0.4, -0.2) is 45.1 Å². The number of hydrogen-bond acceptors (Lipinski definition) is 5. The third kappa shape index (κ3) is 3.78. The number of aliphatic hydroxyl groups is 2. The summed E-state index contributed by atoms with van der Waals surface area (Å²) in [6, 6.07) is 0. The number of allylic oxidation sites excluding steroid dienone is 1. The van der Waals surface area contributed by atoms with Crippen LogP contribution in [0.5, 0.6) is 0 Å². The van der Waals surface area contributed by atoms with E-state index in [1.54, 1.807) is 6.92 Å². The Bertz CT molecular complexity index is 980. The number of fused-ring (bicyclic) bond motifs is 4. The van der Waals surface area contributed by atoms with Gasteiger partial charge in [-0.2, -0.15) is 0 Å². The number of carboxylic acids is 1. The average molecular weight is 487 g/mol. The first-order chi connectivity index (χ1) is 16.3. The minimum Gasteiger partial charge on any atom is -0.481 e. The van der Waals surface area contributed by atoms with Gasteiger partial charge >= 0.3 is 5.97 Å². The largest absolute Gasteiger partial charge is 0.481 e. The third-order valence-electron chi connectivity index (χ3n) is 10.9. The minimum absolute atomic E-state index is 0.0249. The fourth-order valence-corrected chi connectivity index (χ4v) is 8.40. The second kappa shape index (κ2) is 8.95. The molecule has 0 amide bonds. The van der Waals surface area contributed by atoms with Gasteiger partial charge in [-0.25, -0.2) is 0 Å². The van der Waals surface area contributed by atoms with Crippen molar-refractivity contribution in [1.82, 2.24) is 0 Å². The number of aliphatic carboxylic acids is 1. The molecule has 194 valence electrons. The lowest BCUT2D eigenvalue weighted by atomic mass is 9.47. The van der Waals surface area contributed by atoms with Crippen LogP contribution in [0.25, 0.3) is 0 Å². The zero-order valence-corrected chi connectivity index (χ0v) is 21.8. The maximum absolute atomic E-state index is 13.9. The molecule has 0 radical (unpaired) electrons. The summed E-state index contributed by atoms with van der Waals surface area (Å²) in [6.45, 7) is 13.8. The summed E-state index contributed by atoms with van der Waals surface area (Å²) in [6.07, 6.45) is 2.90. The van der Waals surface area contributed by atoms with Gasteiger partial charge in [0.1, 0.15) is 6.10 Å². The van der Waals surface area contributed by atoms with Crippen molar-refractivity contribution in [3.05, 3.63) is 23.3 Å². The number of ketones is 2. The highest BCUT2D eigenvalue weighted by Crippen LogP contribution is 2.65. The van der Waals surface area contributed by atoms with Crippen molar-refractivity contribution < 1.29 is 29.7 Å². The molecule has 0 aromatic rings. The van der Waals surface area contributed by atoms with Crippen LogP contribution in [-0.2, 0) is 14.4 Å². The van der Waals surface area contributed by atoms with Gasteiger partial charge in [0.05, 0.1) is 12.0 Å². The molecular weight excluding hydrogens is 444 g/mol. The summed E-state index contributed by atoms with van der Waals surface area (Å²) >= 11 is 0. The van der Waals surface area contributed by atoms with Crippen LogP contribution >= 0.6 is 0 Å². The molecule has 3 N–H and O–H groups in total. The van der Waals surface area contributed by atoms with Crippen LogP contribution in [0.15, 0.2) is 23.3 Å². The van der Waals surface area contributed by atoms with Gasteiger partial charge in [0.15, 0.2) is 11.6 Å². The Labute approximate surface area is 208 Å². The lowest BCUT2D eigenvalue weighted by Crippen LogP contribution is -2.58. The molecule has 0 saturated heterocycles. The minimum atomic E-state index is -1.16. The van der Waals surface area contributed by atoms with Gasteiger partial charge in [-0.1, -0.05) is 39.8 Å². The van der Waals surface area contributed by atoms with Gasteiger partial charge in [-0.3, -0.25) is 14.4 Å². The monoisotopic (exact) mass is 486 g/mol. The summed E-state index contributed by atoms with van der Waals surface area (Å²) in [5, 5.41) is 31.3. The van der Waals surface area contributed by atoms with E-state index in [9.17, 15) is 29.7 Å². The highest BCUT2D eigenvalue weighted by atomic mass is 16.4.